The molecule has 3 rings (SSSR count). The van der Waals surface area contributed by atoms with E-state index < -0.39 is 0 Å². The van der Waals surface area contributed by atoms with Crippen molar-refractivity contribution in [2.45, 2.75) is 32.2 Å². The maximum atomic E-state index is 13.0. The molecule has 1 atom stereocenters. The van der Waals surface area contributed by atoms with Gasteiger partial charge < -0.3 is 21.3 Å². The summed E-state index contributed by atoms with van der Waals surface area (Å²) < 4.78 is 0. The minimum absolute atomic E-state index is 0.0221. The Bertz CT molecular complexity index is 1220. The molecule has 7 heteroatoms. The van der Waals surface area contributed by atoms with Crippen molar-refractivity contribution in [1.29, 1.82) is 0 Å². The van der Waals surface area contributed by atoms with Gasteiger partial charge in [0.1, 0.15) is 23.7 Å². The molecule has 0 fully saturated rings. The fourth-order valence-corrected chi connectivity index (χ4v) is 3.72. The number of nitrogens with two attached hydrogens (primary N) is 1. The Morgan fingerprint density at radius 2 is 2.15 bits per heavy atom. The molecule has 7 nitrogen and oxygen atoms in total. The summed E-state index contributed by atoms with van der Waals surface area (Å²) in [6, 6.07) is 6.72. The lowest BCUT2D eigenvalue weighted by Crippen LogP contribution is -2.16. The highest BCUT2D eigenvalue weighted by atomic mass is 16.3. The van der Waals surface area contributed by atoms with Crippen LogP contribution in [0.1, 0.15) is 53.7 Å². The molecule has 0 bridgehead atoms. The van der Waals surface area contributed by atoms with Crippen LogP contribution in [0.2, 0.25) is 0 Å². The molecule has 1 aromatic carbocycles. The summed E-state index contributed by atoms with van der Waals surface area (Å²) in [5.41, 5.74) is 9.43. The number of aromatic nitrogens is 2. The van der Waals surface area contributed by atoms with Crippen LogP contribution in [0.25, 0.3) is 5.57 Å². The van der Waals surface area contributed by atoms with Crippen LogP contribution in [-0.2, 0) is 0 Å². The first-order valence-electron chi connectivity index (χ1n) is 10.4. The zero-order valence-electron chi connectivity index (χ0n) is 18.4. The maximum Gasteiger partial charge on any atom is 0.193 e. The number of anilines is 2. The number of rotatable bonds is 8. The number of benzene rings is 1. The maximum absolute atomic E-state index is 13.0. The number of carbonyl (C=O) groups excluding carboxylic acids is 1. The number of Topliss-reactive ketones (excluding diaryl/α,β-unsaturated/α-hetero) is 1. The van der Waals surface area contributed by atoms with Crippen LogP contribution in [0.4, 0.5) is 11.6 Å². The minimum atomic E-state index is -0.356. The Kier molecular flexibility index (Phi) is 7.31. The van der Waals surface area contributed by atoms with Gasteiger partial charge >= 0.3 is 0 Å². The molecule has 0 saturated heterocycles. The quantitative estimate of drug-likeness (QED) is 0.195. The molecule has 0 spiro atoms. The van der Waals surface area contributed by atoms with Crippen LogP contribution in [0, 0.1) is 12.3 Å². The van der Waals surface area contributed by atoms with E-state index in [1.165, 1.54) is 6.33 Å². The number of aliphatic hydroxyl groups is 2. The van der Waals surface area contributed by atoms with Crippen molar-refractivity contribution in [1.82, 2.24) is 9.97 Å². The highest BCUT2D eigenvalue weighted by Crippen LogP contribution is 2.36. The van der Waals surface area contributed by atoms with Gasteiger partial charge in [0.15, 0.2) is 5.78 Å². The molecule has 1 heterocycles. The molecule has 1 aliphatic carbocycles. The van der Waals surface area contributed by atoms with Gasteiger partial charge in [-0.05, 0) is 48.6 Å². The lowest BCUT2D eigenvalue weighted by atomic mass is 9.92. The van der Waals surface area contributed by atoms with E-state index in [9.17, 15) is 15.0 Å². The number of aliphatic hydroxyl groups excluding tert-OH is 2. The second-order valence-electron chi connectivity index (χ2n) is 7.62. The molecule has 168 valence electrons. The first kappa shape index (κ1) is 23.4. The molecule has 2 aromatic rings. The third kappa shape index (κ3) is 5.13. The standard InChI is InChI=1S/C26H26N4O3/c1-4-8-19(14-31)24(33)22-12-6-5-11-21(22)17(3)30-26-23(25(27)28-15-29-26)16(2)18-9-7-10-20(32)13-18/h1,5-6,10-15,17,31-32H,2,7-9H2,3H3,(H3,27,28,29,30)/b19-14-. The van der Waals surface area contributed by atoms with Crippen molar-refractivity contribution >= 4 is 23.0 Å². The van der Waals surface area contributed by atoms with E-state index in [4.69, 9.17) is 12.2 Å². The van der Waals surface area contributed by atoms with Crippen LogP contribution < -0.4 is 11.1 Å². The smallest absolute Gasteiger partial charge is 0.193 e. The molecule has 5 N–H and O–H groups in total. The van der Waals surface area contributed by atoms with Gasteiger partial charge in [0.25, 0.3) is 0 Å². The summed E-state index contributed by atoms with van der Waals surface area (Å²) in [4.78, 5) is 21.4. The normalized spacial score (nSPS) is 14.5. The highest BCUT2D eigenvalue weighted by Gasteiger charge is 2.22. The molecular weight excluding hydrogens is 416 g/mol. The van der Waals surface area contributed by atoms with E-state index in [1.54, 1.807) is 24.3 Å². The second kappa shape index (κ2) is 10.3. The van der Waals surface area contributed by atoms with Gasteiger partial charge in [0.2, 0.25) is 0 Å². The van der Waals surface area contributed by atoms with Gasteiger partial charge in [-0.15, -0.1) is 12.3 Å². The average Bonchev–Trinajstić information content (AvgIpc) is 2.82. The molecule has 0 radical (unpaired) electrons. The Morgan fingerprint density at radius 1 is 1.39 bits per heavy atom. The van der Waals surface area contributed by atoms with E-state index in [-0.39, 0.29) is 35.4 Å². The predicted molar refractivity (Wildman–Crippen MR) is 130 cm³/mol. The largest absolute Gasteiger partial charge is 0.515 e. The van der Waals surface area contributed by atoms with Crippen LogP contribution in [-0.4, -0.2) is 26.0 Å². The van der Waals surface area contributed by atoms with Gasteiger partial charge in [-0.3, -0.25) is 4.79 Å². The van der Waals surface area contributed by atoms with Gasteiger partial charge in [-0.25, -0.2) is 9.97 Å². The monoisotopic (exact) mass is 442 g/mol. The van der Waals surface area contributed by atoms with Crippen LogP contribution in [0.15, 0.2) is 72.5 Å². The van der Waals surface area contributed by atoms with E-state index in [0.29, 0.717) is 40.9 Å². The number of nitrogens with one attached hydrogen (secondary N) is 1. The summed E-state index contributed by atoms with van der Waals surface area (Å²) in [6.07, 6.45) is 12.3. The minimum Gasteiger partial charge on any atom is -0.515 e. The number of nitrogen functional groups attached to an aromatic ring is 1. The second-order valence-corrected chi connectivity index (χ2v) is 7.62. The van der Waals surface area contributed by atoms with Crippen molar-refractivity contribution in [3.8, 4) is 12.3 Å². The Labute approximate surface area is 193 Å². The summed E-state index contributed by atoms with van der Waals surface area (Å²) >= 11 is 0. The number of terminal acetylenes is 1. The zero-order valence-corrected chi connectivity index (χ0v) is 18.4. The Balaban J connectivity index is 1.96. The molecule has 0 saturated carbocycles. The van der Waals surface area contributed by atoms with E-state index in [0.717, 1.165) is 11.8 Å². The van der Waals surface area contributed by atoms with E-state index in [2.05, 4.69) is 27.8 Å². The molecule has 1 aromatic heterocycles. The van der Waals surface area contributed by atoms with Gasteiger partial charge in [0.05, 0.1) is 17.9 Å². The number of hydrogen-bond donors (Lipinski definition) is 4. The van der Waals surface area contributed by atoms with Crippen LogP contribution in [0.3, 0.4) is 0 Å². The molecular formula is C26H26N4O3. The Hall–Kier alpha value is -4.31. The van der Waals surface area contributed by atoms with Crippen LogP contribution in [0.5, 0.6) is 0 Å². The summed E-state index contributed by atoms with van der Waals surface area (Å²) in [7, 11) is 0. The Morgan fingerprint density at radius 3 is 2.85 bits per heavy atom. The third-order valence-corrected chi connectivity index (χ3v) is 5.42. The van der Waals surface area contributed by atoms with Crippen molar-refractivity contribution in [3.05, 3.63) is 89.2 Å². The van der Waals surface area contributed by atoms with Crippen LogP contribution >= 0.6 is 0 Å². The molecule has 1 aliphatic rings. The first-order chi connectivity index (χ1) is 15.9. The third-order valence-electron chi connectivity index (χ3n) is 5.42. The van der Waals surface area contributed by atoms with Gasteiger partial charge in [-0.2, -0.15) is 0 Å². The average molecular weight is 443 g/mol. The number of hydrogen-bond acceptors (Lipinski definition) is 7. The molecule has 0 aliphatic heterocycles. The number of allylic oxidation sites excluding steroid dienone is 5. The lowest BCUT2D eigenvalue weighted by molar-refractivity contribution is 0.102. The van der Waals surface area contributed by atoms with Crippen molar-refractivity contribution in [3.63, 3.8) is 0 Å². The zero-order chi connectivity index (χ0) is 24.0. The first-order valence-corrected chi connectivity index (χ1v) is 10.4. The topological polar surface area (TPSA) is 121 Å². The van der Waals surface area contributed by atoms with E-state index >= 15 is 0 Å². The SMILES string of the molecule is C#CC/C(=C/O)C(=O)c1ccccc1C(C)Nc1ncnc(N)c1C(=C)C1=CC(O)=CCC1. The highest BCUT2D eigenvalue weighted by molar-refractivity contribution is 6.09. The fourth-order valence-electron chi connectivity index (χ4n) is 3.72. The lowest BCUT2D eigenvalue weighted by Gasteiger charge is -2.22. The number of nitrogens with zero attached hydrogens (tertiary/aromatic N) is 2. The van der Waals surface area contributed by atoms with Gasteiger partial charge in [-0.1, -0.05) is 30.8 Å². The van der Waals surface area contributed by atoms with Crippen molar-refractivity contribution in [2.24, 2.45) is 0 Å². The van der Waals surface area contributed by atoms with Crippen molar-refractivity contribution < 1.29 is 15.0 Å². The van der Waals surface area contributed by atoms with Crippen molar-refractivity contribution in [2.75, 3.05) is 11.1 Å². The molecule has 0 amide bonds. The van der Waals surface area contributed by atoms with E-state index in [1.807, 2.05) is 19.1 Å². The number of carbonyl (C=O) groups is 1. The molecule has 1 unspecified atom stereocenters. The summed E-state index contributed by atoms with van der Waals surface area (Å²) in [6.45, 7) is 6.05. The van der Waals surface area contributed by atoms with Gasteiger partial charge in [0, 0.05) is 17.6 Å². The number of ketones is 1. The predicted octanol–water partition coefficient (Wildman–Crippen LogP) is 5.06. The summed E-state index contributed by atoms with van der Waals surface area (Å²) in [5, 5.41) is 22.7. The summed E-state index contributed by atoms with van der Waals surface area (Å²) in [5.74, 6) is 2.93. The molecule has 33 heavy (non-hydrogen) atoms. The fraction of sp³-hybridized carbons (Fsp3) is 0.192.